The van der Waals surface area contributed by atoms with Crippen LogP contribution in [0.4, 0.5) is 0 Å². The Morgan fingerprint density at radius 3 is 2.48 bits per heavy atom. The molecule has 0 aliphatic carbocycles. The van der Waals surface area contributed by atoms with Crippen molar-refractivity contribution in [3.8, 4) is 5.75 Å². The molecule has 0 unspecified atom stereocenters. The van der Waals surface area contributed by atoms with Gasteiger partial charge < -0.3 is 14.7 Å². The third-order valence-corrected chi connectivity index (χ3v) is 5.23. The molecule has 1 aliphatic heterocycles. The van der Waals surface area contributed by atoms with Crippen molar-refractivity contribution in [1.82, 2.24) is 0 Å². The van der Waals surface area contributed by atoms with Crippen molar-refractivity contribution in [3.63, 3.8) is 0 Å². The molecule has 0 bridgehead atoms. The standard InChI is InChI=1S/C20H33NO2/c1-14(2)19-10-9-15(3)11-20(19)23-13-18(22)12-21-16(4)7-6-8-17(21)5/h9-11,14,16-18,22H,6-8,12-13H2,1-5H3/p+1/t16-,17-,18+/m0/s1. The highest BCUT2D eigenvalue weighted by molar-refractivity contribution is 5.39. The van der Waals surface area contributed by atoms with Crippen LogP contribution in [-0.2, 0) is 0 Å². The number of likely N-dealkylation sites (tertiary alicyclic amines) is 1. The third-order valence-electron chi connectivity index (χ3n) is 5.23. The summed E-state index contributed by atoms with van der Waals surface area (Å²) in [4.78, 5) is 1.53. The van der Waals surface area contributed by atoms with Gasteiger partial charge in [-0.1, -0.05) is 26.0 Å². The van der Waals surface area contributed by atoms with Gasteiger partial charge in [0.05, 0.1) is 12.1 Å². The SMILES string of the molecule is Cc1ccc(C(C)C)c(OC[C@H](O)C[NH+]2[C@@H](C)CCC[C@@H]2C)c1. The highest BCUT2D eigenvalue weighted by Gasteiger charge is 2.30. The molecule has 1 fully saturated rings. The molecular weight excluding hydrogens is 286 g/mol. The van der Waals surface area contributed by atoms with E-state index in [-0.39, 0.29) is 0 Å². The van der Waals surface area contributed by atoms with E-state index >= 15 is 0 Å². The first-order chi connectivity index (χ1) is 10.9. The molecular formula is C20H34NO2+. The Labute approximate surface area is 141 Å². The summed E-state index contributed by atoms with van der Waals surface area (Å²) in [6.07, 6.45) is 3.44. The van der Waals surface area contributed by atoms with E-state index in [0.29, 0.717) is 24.6 Å². The van der Waals surface area contributed by atoms with E-state index in [9.17, 15) is 5.11 Å². The Bertz CT molecular complexity index is 490. The molecule has 2 rings (SSSR count). The Morgan fingerprint density at radius 2 is 1.87 bits per heavy atom. The maximum Gasteiger partial charge on any atom is 0.137 e. The number of aliphatic hydroxyl groups is 1. The molecule has 3 atom stereocenters. The van der Waals surface area contributed by atoms with Crippen LogP contribution in [0.2, 0.25) is 0 Å². The molecule has 3 heteroatoms. The summed E-state index contributed by atoms with van der Waals surface area (Å²) in [5.41, 5.74) is 2.41. The molecule has 1 aromatic rings. The van der Waals surface area contributed by atoms with Gasteiger partial charge in [-0.2, -0.15) is 0 Å². The second kappa shape index (κ2) is 8.16. The van der Waals surface area contributed by atoms with Crippen LogP contribution in [-0.4, -0.2) is 36.4 Å². The van der Waals surface area contributed by atoms with Crippen LogP contribution in [0.5, 0.6) is 5.75 Å². The van der Waals surface area contributed by atoms with E-state index in [1.165, 1.54) is 35.3 Å². The lowest BCUT2D eigenvalue weighted by atomic mass is 9.97. The van der Waals surface area contributed by atoms with E-state index < -0.39 is 6.10 Å². The van der Waals surface area contributed by atoms with Gasteiger partial charge in [0.25, 0.3) is 0 Å². The van der Waals surface area contributed by atoms with Crippen LogP contribution < -0.4 is 9.64 Å². The molecule has 0 radical (unpaired) electrons. The smallest absolute Gasteiger partial charge is 0.137 e. The van der Waals surface area contributed by atoms with Crippen LogP contribution in [0.3, 0.4) is 0 Å². The van der Waals surface area contributed by atoms with Gasteiger partial charge >= 0.3 is 0 Å². The normalized spacial score (nSPS) is 24.0. The van der Waals surface area contributed by atoms with Crippen molar-refractivity contribution in [2.75, 3.05) is 13.2 Å². The Morgan fingerprint density at radius 1 is 1.22 bits per heavy atom. The number of ether oxygens (including phenoxy) is 1. The first-order valence-corrected chi connectivity index (χ1v) is 9.15. The maximum absolute atomic E-state index is 10.5. The number of rotatable bonds is 6. The molecule has 0 saturated carbocycles. The van der Waals surface area contributed by atoms with Crippen molar-refractivity contribution >= 4 is 0 Å². The van der Waals surface area contributed by atoms with E-state index in [0.717, 1.165) is 12.3 Å². The number of piperidine rings is 1. The fourth-order valence-corrected chi connectivity index (χ4v) is 3.75. The molecule has 1 aliphatic rings. The van der Waals surface area contributed by atoms with E-state index in [4.69, 9.17) is 4.74 Å². The van der Waals surface area contributed by atoms with Crippen molar-refractivity contribution < 1.29 is 14.7 Å². The van der Waals surface area contributed by atoms with E-state index in [1.54, 1.807) is 0 Å². The molecule has 1 saturated heterocycles. The molecule has 0 spiro atoms. The number of benzene rings is 1. The fraction of sp³-hybridized carbons (Fsp3) is 0.700. The largest absolute Gasteiger partial charge is 0.490 e. The number of hydrogen-bond acceptors (Lipinski definition) is 2. The lowest BCUT2D eigenvalue weighted by Crippen LogP contribution is -3.20. The first kappa shape index (κ1) is 18.3. The van der Waals surface area contributed by atoms with Crippen molar-refractivity contribution in [3.05, 3.63) is 29.3 Å². The van der Waals surface area contributed by atoms with Crippen LogP contribution in [0.1, 0.15) is 64.0 Å². The minimum atomic E-state index is -0.409. The van der Waals surface area contributed by atoms with Crippen molar-refractivity contribution in [2.45, 2.75) is 78.0 Å². The summed E-state index contributed by atoms with van der Waals surface area (Å²) < 4.78 is 5.99. The summed E-state index contributed by atoms with van der Waals surface area (Å²) in [6.45, 7) is 12.2. The van der Waals surface area contributed by atoms with Crippen LogP contribution in [0.15, 0.2) is 18.2 Å². The summed E-state index contributed by atoms with van der Waals surface area (Å²) in [5.74, 6) is 1.35. The topological polar surface area (TPSA) is 33.9 Å². The highest BCUT2D eigenvalue weighted by Crippen LogP contribution is 2.27. The molecule has 2 N–H and O–H groups in total. The van der Waals surface area contributed by atoms with Gasteiger partial charge in [-0.15, -0.1) is 0 Å². The van der Waals surface area contributed by atoms with Gasteiger partial charge in [0.2, 0.25) is 0 Å². The van der Waals surface area contributed by atoms with Gasteiger partial charge in [-0.3, -0.25) is 0 Å². The quantitative estimate of drug-likeness (QED) is 0.845. The average Bonchev–Trinajstić information content (AvgIpc) is 2.49. The van der Waals surface area contributed by atoms with E-state index in [2.05, 4.69) is 52.8 Å². The zero-order valence-electron chi connectivity index (χ0n) is 15.4. The Hall–Kier alpha value is -1.06. The number of aliphatic hydroxyl groups excluding tert-OH is 1. The minimum Gasteiger partial charge on any atom is -0.490 e. The summed E-state index contributed by atoms with van der Waals surface area (Å²) in [6, 6.07) is 7.63. The minimum absolute atomic E-state index is 0.381. The van der Waals surface area contributed by atoms with Gasteiger partial charge in [-0.25, -0.2) is 0 Å². The first-order valence-electron chi connectivity index (χ1n) is 9.15. The lowest BCUT2D eigenvalue weighted by molar-refractivity contribution is -0.954. The maximum atomic E-state index is 10.5. The molecule has 3 nitrogen and oxygen atoms in total. The molecule has 1 heterocycles. The Balaban J connectivity index is 1.94. The fourth-order valence-electron chi connectivity index (χ4n) is 3.75. The van der Waals surface area contributed by atoms with Gasteiger partial charge in [0.15, 0.2) is 0 Å². The van der Waals surface area contributed by atoms with Crippen molar-refractivity contribution in [1.29, 1.82) is 0 Å². The zero-order valence-corrected chi connectivity index (χ0v) is 15.4. The molecule has 23 heavy (non-hydrogen) atoms. The second-order valence-corrected chi connectivity index (χ2v) is 7.67. The van der Waals surface area contributed by atoms with Gasteiger partial charge in [0.1, 0.15) is 25.0 Å². The number of quaternary nitrogens is 1. The lowest BCUT2D eigenvalue weighted by Gasteiger charge is -2.36. The van der Waals surface area contributed by atoms with Crippen LogP contribution in [0.25, 0.3) is 0 Å². The predicted molar refractivity (Wildman–Crippen MR) is 95.4 cm³/mol. The molecule has 0 aromatic heterocycles. The van der Waals surface area contributed by atoms with Gasteiger partial charge in [0, 0.05) is 0 Å². The van der Waals surface area contributed by atoms with Crippen LogP contribution >= 0.6 is 0 Å². The van der Waals surface area contributed by atoms with Crippen molar-refractivity contribution in [2.24, 2.45) is 0 Å². The monoisotopic (exact) mass is 320 g/mol. The Kier molecular flexibility index (Phi) is 6.49. The number of hydrogen-bond donors (Lipinski definition) is 2. The molecule has 1 aromatic carbocycles. The van der Waals surface area contributed by atoms with Gasteiger partial charge in [-0.05, 0) is 63.1 Å². The second-order valence-electron chi connectivity index (χ2n) is 7.67. The summed E-state index contributed by atoms with van der Waals surface area (Å²) >= 11 is 0. The zero-order chi connectivity index (χ0) is 17.0. The molecule has 130 valence electrons. The third kappa shape index (κ3) is 4.95. The number of nitrogens with one attached hydrogen (secondary N) is 1. The number of aryl methyl sites for hydroxylation is 1. The average molecular weight is 320 g/mol. The molecule has 0 amide bonds. The van der Waals surface area contributed by atoms with E-state index in [1.807, 2.05) is 0 Å². The summed E-state index contributed by atoms with van der Waals surface area (Å²) in [5, 5.41) is 10.5. The summed E-state index contributed by atoms with van der Waals surface area (Å²) in [7, 11) is 0. The predicted octanol–water partition coefficient (Wildman–Crippen LogP) is 2.70. The van der Waals surface area contributed by atoms with Crippen LogP contribution in [0, 0.1) is 6.92 Å². The highest BCUT2D eigenvalue weighted by atomic mass is 16.5.